The van der Waals surface area contributed by atoms with Crippen LogP contribution in [0.5, 0.6) is 0 Å². The lowest BCUT2D eigenvalue weighted by molar-refractivity contribution is -0.141. The van der Waals surface area contributed by atoms with Gasteiger partial charge in [0.2, 0.25) is 11.8 Å². The van der Waals surface area contributed by atoms with Crippen LogP contribution >= 0.6 is 11.8 Å². The Bertz CT molecular complexity index is 604. The average molecular weight is 366 g/mol. The van der Waals surface area contributed by atoms with E-state index in [2.05, 4.69) is 24.0 Å². The predicted octanol–water partition coefficient (Wildman–Crippen LogP) is 1.81. The van der Waals surface area contributed by atoms with Crippen molar-refractivity contribution in [2.75, 3.05) is 31.9 Å². The summed E-state index contributed by atoms with van der Waals surface area (Å²) in [6.07, 6.45) is 6.11. The minimum absolute atomic E-state index is 0.108. The van der Waals surface area contributed by atoms with E-state index in [9.17, 15) is 9.59 Å². The standard InChI is InChI=1S/C17H27N5O2S/c1-13(2)22-12-18-19-17(22)25-11-15(23)20-7-9-21(10-8-20)16(24)14-5-3-4-6-14/h12-14H,3-11H2,1-2H3. The number of carbonyl (C=O) groups is 2. The van der Waals surface area contributed by atoms with Crippen LogP contribution in [0.15, 0.2) is 11.5 Å². The quantitative estimate of drug-likeness (QED) is 0.744. The van der Waals surface area contributed by atoms with Gasteiger partial charge in [-0.1, -0.05) is 24.6 Å². The smallest absolute Gasteiger partial charge is 0.233 e. The molecule has 0 bridgehead atoms. The van der Waals surface area contributed by atoms with Crippen molar-refractivity contribution in [3.8, 4) is 0 Å². The second-order valence-electron chi connectivity index (χ2n) is 7.09. The molecular weight excluding hydrogens is 338 g/mol. The molecule has 138 valence electrons. The molecule has 8 heteroatoms. The molecule has 0 radical (unpaired) electrons. The molecule has 2 amide bonds. The zero-order valence-corrected chi connectivity index (χ0v) is 15.9. The molecule has 1 aromatic rings. The third kappa shape index (κ3) is 4.34. The van der Waals surface area contributed by atoms with Crippen LogP contribution in [0, 0.1) is 5.92 Å². The molecule has 7 nitrogen and oxygen atoms in total. The Balaban J connectivity index is 1.45. The lowest BCUT2D eigenvalue weighted by atomic mass is 10.1. The molecular formula is C17H27N5O2S. The molecule has 1 aliphatic carbocycles. The Morgan fingerprint density at radius 3 is 2.44 bits per heavy atom. The molecule has 0 aromatic carbocycles. The number of amides is 2. The van der Waals surface area contributed by atoms with Gasteiger partial charge in [0.1, 0.15) is 6.33 Å². The minimum Gasteiger partial charge on any atom is -0.339 e. The van der Waals surface area contributed by atoms with Crippen LogP contribution in [0.2, 0.25) is 0 Å². The van der Waals surface area contributed by atoms with Crippen LogP contribution in [0.1, 0.15) is 45.6 Å². The van der Waals surface area contributed by atoms with E-state index in [0.717, 1.165) is 18.0 Å². The molecule has 25 heavy (non-hydrogen) atoms. The van der Waals surface area contributed by atoms with Crippen LogP contribution in [0.3, 0.4) is 0 Å². The first-order chi connectivity index (χ1) is 12.1. The SMILES string of the molecule is CC(C)n1cnnc1SCC(=O)N1CCN(C(=O)C2CCCC2)CC1. The maximum absolute atomic E-state index is 12.5. The number of rotatable bonds is 5. The third-order valence-electron chi connectivity index (χ3n) is 5.07. The van der Waals surface area contributed by atoms with E-state index in [0.29, 0.717) is 37.8 Å². The molecule has 1 saturated heterocycles. The summed E-state index contributed by atoms with van der Waals surface area (Å²) in [5.41, 5.74) is 0. The van der Waals surface area contributed by atoms with Crippen LogP contribution in [-0.4, -0.2) is 68.3 Å². The highest BCUT2D eigenvalue weighted by molar-refractivity contribution is 7.99. The summed E-state index contributed by atoms with van der Waals surface area (Å²) in [6, 6.07) is 0.276. The van der Waals surface area contributed by atoms with Gasteiger partial charge in [-0.3, -0.25) is 9.59 Å². The molecule has 1 saturated carbocycles. The highest BCUT2D eigenvalue weighted by Gasteiger charge is 2.30. The number of carbonyl (C=O) groups excluding carboxylic acids is 2. The summed E-state index contributed by atoms with van der Waals surface area (Å²) >= 11 is 1.43. The Labute approximate surface area is 153 Å². The summed E-state index contributed by atoms with van der Waals surface area (Å²) in [5, 5.41) is 8.79. The normalized spacial score (nSPS) is 19.0. The van der Waals surface area contributed by atoms with Gasteiger partial charge >= 0.3 is 0 Å². The molecule has 1 aliphatic heterocycles. The topological polar surface area (TPSA) is 71.3 Å². The summed E-state index contributed by atoms with van der Waals surface area (Å²) in [4.78, 5) is 28.7. The van der Waals surface area contributed by atoms with E-state index >= 15 is 0 Å². The Morgan fingerprint density at radius 2 is 1.80 bits per heavy atom. The lowest BCUT2D eigenvalue weighted by Crippen LogP contribution is -2.52. The predicted molar refractivity (Wildman–Crippen MR) is 96.2 cm³/mol. The number of thioether (sulfide) groups is 1. The second-order valence-corrected chi connectivity index (χ2v) is 8.03. The van der Waals surface area contributed by atoms with E-state index in [1.165, 1.54) is 24.6 Å². The van der Waals surface area contributed by atoms with Gasteiger partial charge in [0.25, 0.3) is 0 Å². The third-order valence-corrected chi connectivity index (χ3v) is 6.01. The molecule has 0 unspecified atom stereocenters. The molecule has 2 aliphatic rings. The maximum atomic E-state index is 12.5. The van der Waals surface area contributed by atoms with Crippen molar-refractivity contribution in [2.45, 2.75) is 50.7 Å². The fourth-order valence-electron chi connectivity index (χ4n) is 3.51. The minimum atomic E-state index is 0.108. The molecule has 1 aromatic heterocycles. The fourth-order valence-corrected chi connectivity index (χ4v) is 4.46. The van der Waals surface area contributed by atoms with Crippen molar-refractivity contribution in [1.29, 1.82) is 0 Å². The Hall–Kier alpha value is -1.57. The molecule has 2 heterocycles. The number of hydrogen-bond donors (Lipinski definition) is 0. The van der Waals surface area contributed by atoms with Crippen LogP contribution < -0.4 is 0 Å². The van der Waals surface area contributed by atoms with E-state index in [-0.39, 0.29) is 17.9 Å². The first kappa shape index (κ1) is 18.2. The van der Waals surface area contributed by atoms with Crippen LogP contribution in [-0.2, 0) is 9.59 Å². The zero-order valence-electron chi connectivity index (χ0n) is 15.1. The molecule has 0 N–H and O–H groups in total. The van der Waals surface area contributed by atoms with E-state index in [4.69, 9.17) is 0 Å². The van der Waals surface area contributed by atoms with Crippen molar-refractivity contribution in [3.05, 3.63) is 6.33 Å². The highest BCUT2D eigenvalue weighted by atomic mass is 32.2. The van der Waals surface area contributed by atoms with E-state index < -0.39 is 0 Å². The Kier molecular flexibility index (Phi) is 5.98. The van der Waals surface area contributed by atoms with Gasteiger partial charge < -0.3 is 14.4 Å². The maximum Gasteiger partial charge on any atom is 0.233 e. The number of piperazine rings is 1. The molecule has 0 spiro atoms. The largest absolute Gasteiger partial charge is 0.339 e. The second kappa shape index (κ2) is 8.21. The molecule has 0 atom stereocenters. The van der Waals surface area contributed by atoms with Gasteiger partial charge in [-0.2, -0.15) is 0 Å². The van der Waals surface area contributed by atoms with Crippen molar-refractivity contribution in [3.63, 3.8) is 0 Å². The lowest BCUT2D eigenvalue weighted by Gasteiger charge is -2.36. The first-order valence-electron chi connectivity index (χ1n) is 9.15. The summed E-state index contributed by atoms with van der Waals surface area (Å²) < 4.78 is 1.97. The van der Waals surface area contributed by atoms with Crippen LogP contribution in [0.4, 0.5) is 0 Å². The van der Waals surface area contributed by atoms with Crippen LogP contribution in [0.25, 0.3) is 0 Å². The molecule has 2 fully saturated rings. The van der Waals surface area contributed by atoms with Crippen molar-refractivity contribution in [1.82, 2.24) is 24.6 Å². The fraction of sp³-hybridized carbons (Fsp3) is 0.765. The van der Waals surface area contributed by atoms with Gasteiger partial charge in [0, 0.05) is 38.1 Å². The summed E-state index contributed by atoms with van der Waals surface area (Å²) in [6.45, 7) is 6.72. The van der Waals surface area contributed by atoms with E-state index in [1.807, 2.05) is 14.4 Å². The molecule has 3 rings (SSSR count). The van der Waals surface area contributed by atoms with Gasteiger partial charge in [0.05, 0.1) is 5.75 Å². The first-order valence-corrected chi connectivity index (χ1v) is 10.1. The van der Waals surface area contributed by atoms with Crippen molar-refractivity contribution >= 4 is 23.6 Å². The van der Waals surface area contributed by atoms with Crippen molar-refractivity contribution < 1.29 is 9.59 Å². The number of nitrogens with zero attached hydrogens (tertiary/aromatic N) is 5. The van der Waals surface area contributed by atoms with Crippen molar-refractivity contribution in [2.24, 2.45) is 5.92 Å². The monoisotopic (exact) mass is 365 g/mol. The zero-order chi connectivity index (χ0) is 17.8. The summed E-state index contributed by atoms with van der Waals surface area (Å²) in [7, 11) is 0. The van der Waals surface area contributed by atoms with Gasteiger partial charge in [-0.15, -0.1) is 10.2 Å². The van der Waals surface area contributed by atoms with Gasteiger partial charge in [0.15, 0.2) is 5.16 Å². The number of aromatic nitrogens is 3. The Morgan fingerprint density at radius 1 is 1.16 bits per heavy atom. The number of hydrogen-bond acceptors (Lipinski definition) is 5. The van der Waals surface area contributed by atoms with Gasteiger partial charge in [-0.05, 0) is 26.7 Å². The van der Waals surface area contributed by atoms with E-state index in [1.54, 1.807) is 6.33 Å². The average Bonchev–Trinajstić information content (AvgIpc) is 3.30. The highest BCUT2D eigenvalue weighted by Crippen LogP contribution is 2.27. The van der Waals surface area contributed by atoms with Gasteiger partial charge in [-0.25, -0.2) is 0 Å². The summed E-state index contributed by atoms with van der Waals surface area (Å²) in [5.74, 6) is 0.989.